The third-order valence-corrected chi connectivity index (χ3v) is 3.16. The van der Waals surface area contributed by atoms with E-state index in [1.165, 1.54) is 0 Å². The fraction of sp³-hybridized carbons (Fsp3) is 0.545. The van der Waals surface area contributed by atoms with Gasteiger partial charge in [0.05, 0.1) is 17.8 Å². The van der Waals surface area contributed by atoms with Crippen LogP contribution in [-0.2, 0) is 4.74 Å². The first-order chi connectivity index (χ1) is 7.08. The highest BCUT2D eigenvalue weighted by Crippen LogP contribution is 2.19. The summed E-state index contributed by atoms with van der Waals surface area (Å²) in [6.07, 6.45) is 0. The summed E-state index contributed by atoms with van der Waals surface area (Å²) in [6.45, 7) is 6.02. The maximum absolute atomic E-state index is 12.0. The van der Waals surface area contributed by atoms with Crippen LogP contribution in [0, 0.1) is 0 Å². The Morgan fingerprint density at radius 2 is 2.40 bits per heavy atom. The van der Waals surface area contributed by atoms with E-state index in [0.717, 1.165) is 5.56 Å². The Hall–Kier alpha value is -0.870. The summed E-state index contributed by atoms with van der Waals surface area (Å²) >= 11 is 1.55. The molecule has 1 fully saturated rings. The molecule has 2 rings (SSSR count). The van der Waals surface area contributed by atoms with Crippen LogP contribution in [0.25, 0.3) is 0 Å². The van der Waals surface area contributed by atoms with Gasteiger partial charge in [-0.3, -0.25) is 4.79 Å². The molecule has 0 unspecified atom stereocenters. The van der Waals surface area contributed by atoms with Gasteiger partial charge in [-0.1, -0.05) is 0 Å². The molecule has 1 aromatic rings. The molecule has 0 N–H and O–H groups in total. The van der Waals surface area contributed by atoms with Crippen molar-refractivity contribution in [3.8, 4) is 0 Å². The first kappa shape index (κ1) is 10.6. The highest BCUT2D eigenvalue weighted by molar-refractivity contribution is 7.08. The van der Waals surface area contributed by atoms with Crippen molar-refractivity contribution >= 4 is 17.2 Å². The first-order valence-corrected chi connectivity index (χ1v) is 5.98. The van der Waals surface area contributed by atoms with Crippen molar-refractivity contribution in [1.82, 2.24) is 4.90 Å². The average Bonchev–Trinajstić information content (AvgIpc) is 2.67. The van der Waals surface area contributed by atoms with Gasteiger partial charge in [0.15, 0.2) is 0 Å². The molecule has 3 nitrogen and oxygen atoms in total. The number of thiophene rings is 1. The number of ether oxygens (including phenoxy) is 1. The van der Waals surface area contributed by atoms with Gasteiger partial charge in [-0.15, -0.1) is 0 Å². The standard InChI is InChI=1S/C11H15NO2S/c1-11(2)8-12(4-5-14-11)10(13)9-3-6-15-7-9/h3,6-7H,4-5,8H2,1-2H3. The summed E-state index contributed by atoms with van der Waals surface area (Å²) in [6, 6.07) is 1.87. The number of carbonyl (C=O) groups excluding carboxylic acids is 1. The monoisotopic (exact) mass is 225 g/mol. The number of nitrogens with zero attached hydrogens (tertiary/aromatic N) is 1. The molecule has 0 saturated carbocycles. The Morgan fingerprint density at radius 1 is 1.60 bits per heavy atom. The van der Waals surface area contributed by atoms with E-state index in [1.54, 1.807) is 11.3 Å². The lowest BCUT2D eigenvalue weighted by molar-refractivity contribution is -0.0763. The SMILES string of the molecule is CC1(C)CN(C(=O)c2ccsc2)CCO1. The molecule has 1 aliphatic rings. The van der Waals surface area contributed by atoms with Gasteiger partial charge in [-0.05, 0) is 25.3 Å². The molecule has 2 heterocycles. The lowest BCUT2D eigenvalue weighted by Gasteiger charge is -2.38. The van der Waals surface area contributed by atoms with Gasteiger partial charge < -0.3 is 9.64 Å². The molecule has 0 bridgehead atoms. The lowest BCUT2D eigenvalue weighted by atomic mass is 10.1. The number of rotatable bonds is 1. The van der Waals surface area contributed by atoms with Gasteiger partial charge in [-0.2, -0.15) is 11.3 Å². The highest BCUT2D eigenvalue weighted by Gasteiger charge is 2.30. The van der Waals surface area contributed by atoms with Crippen molar-refractivity contribution in [2.75, 3.05) is 19.7 Å². The fourth-order valence-corrected chi connectivity index (χ4v) is 2.39. The summed E-state index contributed by atoms with van der Waals surface area (Å²) < 4.78 is 5.57. The summed E-state index contributed by atoms with van der Waals surface area (Å²) in [7, 11) is 0. The van der Waals surface area contributed by atoms with Crippen molar-refractivity contribution in [2.45, 2.75) is 19.4 Å². The highest BCUT2D eigenvalue weighted by atomic mass is 32.1. The molecule has 15 heavy (non-hydrogen) atoms. The third kappa shape index (κ3) is 2.38. The van der Waals surface area contributed by atoms with Crippen LogP contribution in [0.1, 0.15) is 24.2 Å². The molecule has 0 atom stereocenters. The van der Waals surface area contributed by atoms with Gasteiger partial charge in [0, 0.05) is 18.5 Å². The molecular formula is C11H15NO2S. The quantitative estimate of drug-likeness (QED) is 0.731. The summed E-state index contributed by atoms with van der Waals surface area (Å²) in [5, 5.41) is 3.82. The number of amides is 1. The van der Waals surface area contributed by atoms with Gasteiger partial charge in [0.1, 0.15) is 0 Å². The molecule has 0 spiro atoms. The summed E-state index contributed by atoms with van der Waals surface area (Å²) in [5.41, 5.74) is 0.571. The zero-order valence-corrected chi connectivity index (χ0v) is 9.84. The minimum atomic E-state index is -0.218. The van der Waals surface area contributed by atoms with Crippen molar-refractivity contribution in [2.24, 2.45) is 0 Å². The normalized spacial score (nSPS) is 20.3. The van der Waals surface area contributed by atoms with E-state index in [4.69, 9.17) is 4.74 Å². The van der Waals surface area contributed by atoms with E-state index in [9.17, 15) is 4.79 Å². The van der Waals surface area contributed by atoms with Crippen molar-refractivity contribution in [3.05, 3.63) is 22.4 Å². The largest absolute Gasteiger partial charge is 0.372 e. The van der Waals surface area contributed by atoms with Crippen molar-refractivity contribution in [1.29, 1.82) is 0 Å². The second-order valence-electron chi connectivity index (χ2n) is 4.35. The minimum absolute atomic E-state index is 0.118. The van der Waals surface area contributed by atoms with Crippen LogP contribution in [0.15, 0.2) is 16.8 Å². The van der Waals surface area contributed by atoms with Crippen LogP contribution in [0.4, 0.5) is 0 Å². The summed E-state index contributed by atoms with van der Waals surface area (Å²) in [5.74, 6) is 0.118. The Bertz CT molecular complexity index is 345. The average molecular weight is 225 g/mol. The predicted octanol–water partition coefficient (Wildman–Crippen LogP) is 2.00. The van der Waals surface area contributed by atoms with Gasteiger partial charge in [-0.25, -0.2) is 0 Å². The topological polar surface area (TPSA) is 29.5 Å². The predicted molar refractivity (Wildman–Crippen MR) is 60.3 cm³/mol. The molecule has 0 aliphatic carbocycles. The van der Waals surface area contributed by atoms with E-state index in [2.05, 4.69) is 0 Å². The molecular weight excluding hydrogens is 210 g/mol. The number of morpholine rings is 1. The molecule has 1 aromatic heterocycles. The zero-order chi connectivity index (χ0) is 10.9. The third-order valence-electron chi connectivity index (χ3n) is 2.48. The van der Waals surface area contributed by atoms with Gasteiger partial charge >= 0.3 is 0 Å². The van der Waals surface area contributed by atoms with Gasteiger partial charge in [0.25, 0.3) is 5.91 Å². The van der Waals surface area contributed by atoms with Crippen LogP contribution in [0.2, 0.25) is 0 Å². The lowest BCUT2D eigenvalue weighted by Crippen LogP contribution is -2.50. The Morgan fingerprint density at radius 3 is 3.00 bits per heavy atom. The van der Waals surface area contributed by atoms with E-state index in [0.29, 0.717) is 19.7 Å². The molecule has 0 radical (unpaired) electrons. The number of hydrogen-bond acceptors (Lipinski definition) is 3. The van der Waals surface area contributed by atoms with E-state index >= 15 is 0 Å². The number of carbonyl (C=O) groups is 1. The van der Waals surface area contributed by atoms with E-state index < -0.39 is 0 Å². The maximum atomic E-state index is 12.0. The Balaban J connectivity index is 2.08. The molecule has 1 saturated heterocycles. The smallest absolute Gasteiger partial charge is 0.254 e. The van der Waals surface area contributed by atoms with Crippen LogP contribution in [-0.4, -0.2) is 36.1 Å². The van der Waals surface area contributed by atoms with Crippen LogP contribution < -0.4 is 0 Å². The van der Waals surface area contributed by atoms with Crippen LogP contribution >= 0.6 is 11.3 Å². The second kappa shape index (κ2) is 3.94. The molecule has 1 amide bonds. The van der Waals surface area contributed by atoms with Crippen molar-refractivity contribution in [3.63, 3.8) is 0 Å². The Labute approximate surface area is 93.7 Å². The van der Waals surface area contributed by atoms with E-state index in [1.807, 2.05) is 35.6 Å². The van der Waals surface area contributed by atoms with Gasteiger partial charge in [0.2, 0.25) is 0 Å². The minimum Gasteiger partial charge on any atom is -0.372 e. The number of hydrogen-bond donors (Lipinski definition) is 0. The molecule has 1 aliphatic heterocycles. The van der Waals surface area contributed by atoms with Crippen LogP contribution in [0.3, 0.4) is 0 Å². The summed E-state index contributed by atoms with van der Waals surface area (Å²) in [4.78, 5) is 13.9. The van der Waals surface area contributed by atoms with Crippen molar-refractivity contribution < 1.29 is 9.53 Å². The Kier molecular flexibility index (Phi) is 2.80. The van der Waals surface area contributed by atoms with Crippen LogP contribution in [0.5, 0.6) is 0 Å². The molecule has 4 heteroatoms. The first-order valence-electron chi connectivity index (χ1n) is 5.04. The molecule has 0 aromatic carbocycles. The maximum Gasteiger partial charge on any atom is 0.254 e. The second-order valence-corrected chi connectivity index (χ2v) is 5.13. The van der Waals surface area contributed by atoms with E-state index in [-0.39, 0.29) is 11.5 Å². The zero-order valence-electron chi connectivity index (χ0n) is 9.03. The fourth-order valence-electron chi connectivity index (χ4n) is 1.76. The molecule has 82 valence electrons.